The van der Waals surface area contributed by atoms with Crippen molar-refractivity contribution in [1.82, 2.24) is 35.6 Å². The highest BCUT2D eigenvalue weighted by Gasteiger charge is 2.53. The second-order valence-electron chi connectivity index (χ2n) is 53.6. The molecular formula is C100H240N8O8Si25. The van der Waals surface area contributed by atoms with E-state index in [1.807, 2.05) is 63.5 Å². The zero-order valence-electron chi connectivity index (χ0n) is 104. The van der Waals surface area contributed by atoms with Gasteiger partial charge in [-0.05, 0) is 135 Å². The minimum absolute atomic E-state index is 0.263. The number of rotatable bonds is 56. The first kappa shape index (κ1) is 159. The monoisotopic (exact) mass is 2380 g/mol. The molecular weight excluding hydrogens is 2140 g/mol. The Labute approximate surface area is 908 Å². The Morgan fingerprint density at radius 1 is 0.312 bits per heavy atom. The Morgan fingerprint density at radius 2 is 0.589 bits per heavy atom. The van der Waals surface area contributed by atoms with Gasteiger partial charge in [-0.25, -0.2) is 4.79 Å². The van der Waals surface area contributed by atoms with Gasteiger partial charge in [0.1, 0.15) is 107 Å². The van der Waals surface area contributed by atoms with Gasteiger partial charge in [0.05, 0.1) is 6.61 Å². The van der Waals surface area contributed by atoms with Crippen molar-refractivity contribution >= 4 is 213 Å². The molecule has 0 unspecified atom stereocenters. The lowest BCUT2D eigenvalue weighted by Gasteiger charge is -2.54. The molecule has 5 N–H and O–H groups in total. The zero-order valence-corrected chi connectivity index (χ0v) is 129. The summed E-state index contributed by atoms with van der Waals surface area (Å²) < 4.78 is 71.5. The van der Waals surface area contributed by atoms with Crippen molar-refractivity contribution < 1.29 is 34.2 Å². The molecule has 0 rings (SSSR count). The minimum Gasteiger partial charge on any atom is -0.462 e. The molecule has 0 aliphatic carbocycles. The number of ether oxygens (including phenoxy) is 1. The van der Waals surface area contributed by atoms with Crippen LogP contribution in [0.25, 0.3) is 0 Å². The van der Waals surface area contributed by atoms with E-state index in [1.165, 1.54) is 17.8 Å². The molecule has 828 valence electrons. The first-order valence-corrected chi connectivity index (χ1v) is 127. The van der Waals surface area contributed by atoms with Crippen LogP contribution in [0, 0.1) is 0 Å². The lowest BCUT2D eigenvalue weighted by molar-refractivity contribution is -0.139. The third-order valence-electron chi connectivity index (χ3n) is 21.6. The van der Waals surface area contributed by atoms with E-state index in [1.54, 1.807) is 6.92 Å². The largest absolute Gasteiger partial charge is 0.470 e. The average molecular weight is 2390 g/mol. The van der Waals surface area contributed by atoms with E-state index in [2.05, 4.69) is 544 Å². The molecule has 0 aromatic rings. The molecule has 0 aliphatic heterocycles. The third kappa shape index (κ3) is 75.4. The fourth-order valence-electron chi connectivity index (χ4n) is 17.5. The molecule has 0 saturated carbocycles. The van der Waals surface area contributed by atoms with Crippen molar-refractivity contribution in [1.29, 1.82) is 0 Å². The van der Waals surface area contributed by atoms with Crippen LogP contribution in [0.3, 0.4) is 0 Å². The van der Waals surface area contributed by atoms with Gasteiger partial charge < -0.3 is 65.0 Å². The van der Waals surface area contributed by atoms with Crippen molar-refractivity contribution in [2.75, 3.05) is 6.61 Å². The van der Waals surface area contributed by atoms with Crippen molar-refractivity contribution in [2.24, 2.45) is 0 Å². The van der Waals surface area contributed by atoms with Gasteiger partial charge >= 0.3 is 23.3 Å². The molecule has 0 fully saturated rings. The lowest BCUT2D eigenvalue weighted by Crippen LogP contribution is -2.74. The molecule has 0 aliphatic rings. The van der Waals surface area contributed by atoms with Crippen molar-refractivity contribution in [3.8, 4) is 0 Å². The first-order valence-electron chi connectivity index (χ1n) is 51.5. The Morgan fingerprint density at radius 3 is 0.745 bits per heavy atom. The predicted molar refractivity (Wildman–Crippen MR) is 719 cm³/mol. The van der Waals surface area contributed by atoms with Gasteiger partial charge in [-0.3, -0.25) is 0 Å². The molecule has 41 heteroatoms. The number of nitrogens with zero attached hydrogens (tertiary/aromatic N) is 3. The summed E-state index contributed by atoms with van der Waals surface area (Å²) in [5.41, 5.74) is 33.8. The van der Waals surface area contributed by atoms with E-state index in [9.17, 15) is 4.79 Å². The molecule has 16 nitrogen and oxygen atoms in total. The summed E-state index contributed by atoms with van der Waals surface area (Å²) in [6.45, 7) is 198. The summed E-state index contributed by atoms with van der Waals surface area (Å²) in [5.74, 6) is -0.391. The topological polar surface area (TPSA) is 152 Å². The highest BCUT2D eigenvalue weighted by atomic mass is 28.5. The van der Waals surface area contributed by atoms with Crippen LogP contribution in [0.5, 0.6) is 0 Å². The van der Waals surface area contributed by atoms with E-state index >= 15 is 0 Å². The van der Waals surface area contributed by atoms with Crippen LogP contribution in [0.4, 0.5) is 0 Å². The predicted octanol–water partition coefficient (Wildman–Crippen LogP) is 32.5. The van der Waals surface area contributed by atoms with Gasteiger partial charge in [-0.2, -0.15) is 0 Å². The highest BCUT2D eigenvalue weighted by Crippen LogP contribution is 2.36. The van der Waals surface area contributed by atoms with Gasteiger partial charge in [0.2, 0.25) is 58.4 Å². The molecule has 0 bridgehead atoms. The third-order valence-corrected chi connectivity index (χ3v) is 124. The zero-order chi connectivity index (χ0) is 116. The average Bonchev–Trinajstić information content (AvgIpc) is 0.762. The minimum atomic E-state index is -3.11. The number of carbonyl (C=O) groups is 1. The standard InChI is InChI=1S/C19H38O5Si4.C12H34N2Si4.C12H31NSi3.C11H24O2Si3.C10H27NSi3.C10H23NSi.C10H18OSi2.C9H26N2Si3.C7H19NSi2/c1-12-25(6,7)22-28(23-26(8,9)13-2,24-27(10,11)14-3)17-15-16-21-19(20)18(4)5;1-11-18(12-15(2,3)4,13-16(5,6)7)14-17(8,9)10;1-10-16(11-2,12-3)13(14(4,5)6)15(7,8)9;1-9-14(4,5)12-16(8,11-3)13-15(6,7)10-2;1-10-14(8,9)11(12(2,3)4)13(5,6)7;1-8-12(6,7)11(9(2)3)10(4)5;1-7-12(5,8-2)11-13(6,9-3)10-4;1-9-14(8,10-12(2,3)4)11-13(5,6)7;1-7-10(5,6)8-9(2,3)4/h12-14H,1-4,15-17H2,5-11H3;11,13-14H,1,12H2,2-10H3;10H,1,11-12H2,2-9H3;9-11H,1-3H2,4-8H3;10H,1H2,2-9H3;8-10H,1H2,2-7H3;7-10H,1-4H2,5-6H3;9-11H,1H2,2-8H3;7-8H,1H2,2-6H3. The molecule has 0 heterocycles. The number of hydrogen-bond acceptors (Lipinski definition) is 16. The summed E-state index contributed by atoms with van der Waals surface area (Å²) in [6.07, 6.45) is 0.579. The van der Waals surface area contributed by atoms with E-state index in [4.69, 9.17) is 29.4 Å². The maximum Gasteiger partial charge on any atom is 0.470 e. The summed E-state index contributed by atoms with van der Waals surface area (Å²) >= 11 is 0. The Hall–Kier alpha value is -0.0879. The van der Waals surface area contributed by atoms with E-state index in [0.717, 1.165) is 0 Å². The van der Waals surface area contributed by atoms with Crippen LogP contribution in [0.2, 0.25) is 351 Å². The van der Waals surface area contributed by atoms with E-state index in [0.29, 0.717) is 30.1 Å². The molecule has 141 heavy (non-hydrogen) atoms. The second kappa shape index (κ2) is 64.3. The second-order valence-corrected chi connectivity index (χ2v) is 165. The van der Waals surface area contributed by atoms with Crippen LogP contribution >= 0.6 is 0 Å². The highest BCUT2D eigenvalue weighted by molar-refractivity contribution is 7.09. The Kier molecular flexibility index (Phi) is 72.3. The van der Waals surface area contributed by atoms with Gasteiger partial charge in [-0.15, -0.1) is 105 Å². The molecule has 0 radical (unpaired) electrons. The van der Waals surface area contributed by atoms with Crippen molar-refractivity contribution in [3.63, 3.8) is 0 Å². The number of hydrogen-bond donors (Lipinski definition) is 5. The summed E-state index contributed by atoms with van der Waals surface area (Å²) in [6, 6.07) is 4.45. The molecule has 0 atom stereocenters. The van der Waals surface area contributed by atoms with Gasteiger partial charge in [0, 0.05) is 19.7 Å². The molecule has 0 amide bonds. The molecule has 0 saturated heterocycles. The Bertz CT molecular complexity index is 3620. The van der Waals surface area contributed by atoms with Crippen LogP contribution in [0.15, 0.2) is 209 Å². The lowest BCUT2D eigenvalue weighted by atomic mass is 10.3. The van der Waals surface area contributed by atoms with E-state index in [-0.39, 0.29) is 6.61 Å². The fourth-order valence-corrected chi connectivity index (χ4v) is 140. The van der Waals surface area contributed by atoms with Gasteiger partial charge in [0.25, 0.3) is 0 Å². The molecule has 0 aromatic heterocycles. The number of esters is 1. The maximum absolute atomic E-state index is 11.7. The fraction of sp³-hybridized carbons (Fsp3) is 0.650. The van der Waals surface area contributed by atoms with Crippen molar-refractivity contribution in [2.45, 2.75) is 418 Å². The van der Waals surface area contributed by atoms with Crippen LogP contribution in [-0.2, 0) is 34.2 Å². The summed E-state index contributed by atoms with van der Waals surface area (Å²) in [7, 11) is -40.2. The van der Waals surface area contributed by atoms with Gasteiger partial charge in [0.15, 0.2) is 16.6 Å². The van der Waals surface area contributed by atoms with Crippen LogP contribution in [-0.4, -0.2) is 245 Å². The number of nitrogens with one attached hydrogen (secondary N) is 5. The van der Waals surface area contributed by atoms with Crippen molar-refractivity contribution in [3.05, 3.63) is 209 Å². The normalized spacial score (nSPS) is 13.6. The summed E-state index contributed by atoms with van der Waals surface area (Å²) in [5, 5.41) is 0. The van der Waals surface area contributed by atoms with Crippen LogP contribution in [0.1, 0.15) is 54.9 Å². The van der Waals surface area contributed by atoms with Gasteiger partial charge in [-0.1, -0.05) is 375 Å². The maximum atomic E-state index is 11.7. The smallest absolute Gasteiger partial charge is 0.462 e. The quantitative estimate of drug-likeness (QED) is 0.0170. The van der Waals surface area contributed by atoms with E-state index < -0.39 is 213 Å². The Balaban J connectivity index is -0.000000202. The number of carbonyl (C=O) groups excluding carboxylic acids is 1. The summed E-state index contributed by atoms with van der Waals surface area (Å²) in [4.78, 5) is 11.7. The first-order chi connectivity index (χ1) is 61.9. The van der Waals surface area contributed by atoms with Crippen LogP contribution < -0.4 is 23.2 Å². The SMILES string of the molecule is C=C[Si](C)(C)N(C(C)C)C(C)C.C=C[Si](C)(C)N([Si](C)(C)C)[Si](C)(C)C.C=C[Si](C)(C)N[Si](C)(C)C.C=C[Si](C)(C)O[Si](C)(C=C)O[Si](C)(C)C=C.C=C[Si](C)(C)O[Si](CCCOC(=O)C(=C)C)(O[Si](C)(C)C=C)O[Si](C)(C)C=C.C=C[Si](C)(C=C)O[Si](C)(C=C)C=C.C=C[Si](C)(N[Si](C)(C)C)N[Si](C)(C)C.C=C[Si](CC)(CC)N([Si](C)(C)C)[Si](C)(C)C.C=C[Si](C[Si](C)(C)C)(N[Si](C)(C)C)N[Si](C)(C)C. The molecule has 0 aromatic carbocycles. The molecule has 0 spiro atoms.